The van der Waals surface area contributed by atoms with E-state index < -0.39 is 17.3 Å². The number of hydrogen-bond acceptors (Lipinski definition) is 5. The Hall–Kier alpha value is -2.24. The molecule has 0 heterocycles. The Morgan fingerprint density at radius 1 is 0.913 bits per heavy atom. The van der Waals surface area contributed by atoms with Crippen molar-refractivity contribution in [1.82, 2.24) is 0 Å². The van der Waals surface area contributed by atoms with E-state index in [9.17, 15) is 14.7 Å². The third-order valence-electron chi connectivity index (χ3n) is 3.13. The van der Waals surface area contributed by atoms with E-state index in [0.717, 1.165) is 0 Å². The first-order valence-corrected chi connectivity index (χ1v) is 7.13. The van der Waals surface area contributed by atoms with Crippen molar-refractivity contribution in [3.8, 4) is 17.2 Å². The Labute approximate surface area is 142 Å². The van der Waals surface area contributed by atoms with Gasteiger partial charge >= 0.3 is 0 Å². The van der Waals surface area contributed by atoms with E-state index in [2.05, 4.69) is 0 Å². The number of hydrogen-bond donors (Lipinski definition) is 1. The molecule has 120 valence electrons. The van der Waals surface area contributed by atoms with Crippen LogP contribution in [-0.2, 0) is 0 Å². The predicted molar refractivity (Wildman–Crippen MR) is 86.3 cm³/mol. The van der Waals surface area contributed by atoms with Gasteiger partial charge in [0.15, 0.2) is 0 Å². The third-order valence-corrected chi connectivity index (χ3v) is 3.74. The minimum atomic E-state index is -0.970. The van der Waals surface area contributed by atoms with E-state index in [0.29, 0.717) is 5.75 Å². The summed E-state index contributed by atoms with van der Waals surface area (Å²) < 4.78 is 9.91. The van der Waals surface area contributed by atoms with Crippen LogP contribution >= 0.6 is 23.2 Å². The Bertz CT molecular complexity index is 763. The van der Waals surface area contributed by atoms with Crippen LogP contribution in [0.1, 0.15) is 20.7 Å². The normalized spacial score (nSPS) is 10.3. The summed E-state index contributed by atoms with van der Waals surface area (Å²) in [5.41, 5.74) is -0.312. The van der Waals surface area contributed by atoms with Crippen LogP contribution in [-0.4, -0.2) is 30.9 Å². The molecule has 0 atom stereocenters. The number of carbonyl (C=O) groups is 2. The topological polar surface area (TPSA) is 72.8 Å². The molecule has 7 heteroatoms. The quantitative estimate of drug-likeness (QED) is 0.653. The van der Waals surface area contributed by atoms with Crippen molar-refractivity contribution in [2.45, 2.75) is 0 Å². The molecule has 2 rings (SSSR count). The molecule has 0 unspecified atom stereocenters. The smallest absolute Gasteiger partial charge is 0.238 e. The fraction of sp³-hybridized carbons (Fsp3) is 0.125. The second-order valence-electron chi connectivity index (χ2n) is 4.51. The maximum Gasteiger partial charge on any atom is 0.238 e. The fourth-order valence-corrected chi connectivity index (χ4v) is 2.50. The van der Waals surface area contributed by atoms with E-state index in [4.69, 9.17) is 32.7 Å². The zero-order chi connectivity index (χ0) is 17.1. The van der Waals surface area contributed by atoms with E-state index in [1.165, 1.54) is 44.6 Å². The molecule has 23 heavy (non-hydrogen) atoms. The monoisotopic (exact) mass is 354 g/mol. The summed E-state index contributed by atoms with van der Waals surface area (Å²) >= 11 is 12.0. The molecule has 0 aliphatic heterocycles. The molecule has 0 amide bonds. The van der Waals surface area contributed by atoms with Gasteiger partial charge in [-0.2, -0.15) is 0 Å². The molecule has 1 N–H and O–H groups in total. The lowest BCUT2D eigenvalue weighted by molar-refractivity contribution is 0.0815. The third kappa shape index (κ3) is 3.41. The van der Waals surface area contributed by atoms with Gasteiger partial charge in [0.05, 0.1) is 29.8 Å². The lowest BCUT2D eigenvalue weighted by Crippen LogP contribution is -2.16. The second-order valence-corrected chi connectivity index (χ2v) is 5.32. The lowest BCUT2D eigenvalue weighted by Gasteiger charge is -2.09. The minimum Gasteiger partial charge on any atom is -0.507 e. The summed E-state index contributed by atoms with van der Waals surface area (Å²) in [7, 11) is 2.84. The predicted octanol–water partition coefficient (Wildman–Crippen LogP) is 3.78. The summed E-state index contributed by atoms with van der Waals surface area (Å²) in [6.45, 7) is 0. The number of benzene rings is 2. The molecule has 2 aromatic rings. The molecule has 5 nitrogen and oxygen atoms in total. The number of phenols is 1. The first kappa shape index (κ1) is 17.1. The van der Waals surface area contributed by atoms with Gasteiger partial charge in [-0.15, -0.1) is 0 Å². The molecule has 0 spiro atoms. The highest BCUT2D eigenvalue weighted by atomic mass is 35.5. The van der Waals surface area contributed by atoms with E-state index >= 15 is 0 Å². The van der Waals surface area contributed by atoms with E-state index in [-0.39, 0.29) is 26.9 Å². The first-order chi connectivity index (χ1) is 10.9. The van der Waals surface area contributed by atoms with Crippen LogP contribution in [0.25, 0.3) is 0 Å². The number of halogens is 2. The highest BCUT2D eigenvalue weighted by Gasteiger charge is 2.26. The Morgan fingerprint density at radius 3 is 2.04 bits per heavy atom. The molecule has 0 radical (unpaired) electrons. The standard InChI is InChI=1S/C16H12Cl2O5/c1-22-8-3-4-10(11(17)5-8)15(20)16(21)14-12(18)6-9(23-2)7-13(14)19/h3-7,19H,1-2H3. The van der Waals surface area contributed by atoms with Gasteiger partial charge in [0.1, 0.15) is 17.2 Å². The molecule has 0 saturated carbocycles. The Kier molecular flexibility index (Phi) is 5.13. The van der Waals surface area contributed by atoms with Gasteiger partial charge in [-0.3, -0.25) is 9.59 Å². The average Bonchev–Trinajstić information content (AvgIpc) is 2.53. The Morgan fingerprint density at radius 2 is 1.52 bits per heavy atom. The van der Waals surface area contributed by atoms with Crippen LogP contribution in [0.2, 0.25) is 10.0 Å². The number of phenolic OH excluding ortho intramolecular Hbond substituents is 1. The number of rotatable bonds is 5. The highest BCUT2D eigenvalue weighted by Crippen LogP contribution is 2.33. The Balaban J connectivity index is 2.43. The van der Waals surface area contributed by atoms with Crippen LogP contribution in [0, 0.1) is 0 Å². The molecule has 0 fully saturated rings. The number of Topliss-reactive ketones (excluding diaryl/α,β-unsaturated/α-hetero) is 2. The van der Waals surface area contributed by atoms with E-state index in [1.807, 2.05) is 0 Å². The van der Waals surface area contributed by atoms with Crippen molar-refractivity contribution in [2.75, 3.05) is 14.2 Å². The summed E-state index contributed by atoms with van der Waals surface area (Å²) in [4.78, 5) is 24.7. The van der Waals surface area contributed by atoms with Gasteiger partial charge in [0, 0.05) is 11.6 Å². The largest absolute Gasteiger partial charge is 0.507 e. The number of ketones is 2. The molecular formula is C16H12Cl2O5. The first-order valence-electron chi connectivity index (χ1n) is 6.38. The summed E-state index contributed by atoms with van der Waals surface area (Å²) in [6.07, 6.45) is 0. The fourth-order valence-electron chi connectivity index (χ4n) is 1.95. The number of methoxy groups -OCH3 is 2. The SMILES string of the molecule is COc1ccc(C(=O)C(=O)c2c(O)cc(OC)cc2Cl)c(Cl)c1. The van der Waals surface area contributed by atoms with Gasteiger partial charge in [-0.05, 0) is 24.3 Å². The summed E-state index contributed by atoms with van der Waals surface area (Å²) in [6, 6.07) is 6.81. The van der Waals surface area contributed by atoms with Crippen LogP contribution < -0.4 is 9.47 Å². The molecule has 0 saturated heterocycles. The van der Waals surface area contributed by atoms with Crippen LogP contribution in [0.4, 0.5) is 0 Å². The van der Waals surface area contributed by atoms with E-state index in [1.54, 1.807) is 0 Å². The summed E-state index contributed by atoms with van der Waals surface area (Å²) in [5, 5.41) is 9.90. The zero-order valence-electron chi connectivity index (χ0n) is 12.2. The van der Waals surface area contributed by atoms with Crippen molar-refractivity contribution in [2.24, 2.45) is 0 Å². The average molecular weight is 355 g/mol. The van der Waals surface area contributed by atoms with Crippen LogP contribution in [0.3, 0.4) is 0 Å². The van der Waals surface area contributed by atoms with Gasteiger partial charge in [0.25, 0.3) is 0 Å². The highest BCUT2D eigenvalue weighted by molar-refractivity contribution is 6.54. The van der Waals surface area contributed by atoms with Crippen molar-refractivity contribution in [3.05, 3.63) is 51.5 Å². The van der Waals surface area contributed by atoms with Crippen LogP contribution in [0.5, 0.6) is 17.2 Å². The maximum absolute atomic E-state index is 12.4. The zero-order valence-corrected chi connectivity index (χ0v) is 13.7. The number of ether oxygens (including phenoxy) is 2. The van der Waals surface area contributed by atoms with Crippen molar-refractivity contribution in [3.63, 3.8) is 0 Å². The number of aromatic hydroxyl groups is 1. The molecule has 0 aliphatic carbocycles. The van der Waals surface area contributed by atoms with Gasteiger partial charge in [-0.1, -0.05) is 23.2 Å². The number of carbonyl (C=O) groups excluding carboxylic acids is 2. The molecule has 2 aromatic carbocycles. The van der Waals surface area contributed by atoms with Crippen molar-refractivity contribution in [1.29, 1.82) is 0 Å². The van der Waals surface area contributed by atoms with Crippen LogP contribution in [0.15, 0.2) is 30.3 Å². The van der Waals surface area contributed by atoms with Gasteiger partial charge in [0.2, 0.25) is 11.6 Å². The molecular weight excluding hydrogens is 343 g/mol. The van der Waals surface area contributed by atoms with Crippen molar-refractivity contribution < 1.29 is 24.2 Å². The molecule has 0 aromatic heterocycles. The lowest BCUT2D eigenvalue weighted by atomic mass is 10.0. The molecule has 0 bridgehead atoms. The second kappa shape index (κ2) is 6.89. The maximum atomic E-state index is 12.4. The minimum absolute atomic E-state index is 0.0104. The summed E-state index contributed by atoms with van der Waals surface area (Å²) in [5.74, 6) is -1.59. The van der Waals surface area contributed by atoms with Gasteiger partial charge < -0.3 is 14.6 Å². The van der Waals surface area contributed by atoms with Gasteiger partial charge in [-0.25, -0.2) is 0 Å². The van der Waals surface area contributed by atoms with Crippen molar-refractivity contribution >= 4 is 34.8 Å². The molecule has 0 aliphatic rings.